The Balaban J connectivity index is 0.00000361. The lowest BCUT2D eigenvalue weighted by molar-refractivity contribution is 0.498. The van der Waals surface area contributed by atoms with Crippen molar-refractivity contribution in [2.75, 3.05) is 6.54 Å². The lowest BCUT2D eigenvalue weighted by Gasteiger charge is -2.19. The van der Waals surface area contributed by atoms with Crippen molar-refractivity contribution in [3.8, 4) is 0 Å². The van der Waals surface area contributed by atoms with Crippen molar-refractivity contribution in [1.82, 2.24) is 4.72 Å². The van der Waals surface area contributed by atoms with Gasteiger partial charge in [0.05, 0.1) is 4.90 Å². The van der Waals surface area contributed by atoms with Gasteiger partial charge in [-0.2, -0.15) is 0 Å². The summed E-state index contributed by atoms with van der Waals surface area (Å²) in [6.07, 6.45) is 1.03. The molecule has 116 valence electrons. The Morgan fingerprint density at radius 3 is 2.15 bits per heavy atom. The predicted octanol–water partition coefficient (Wildman–Crippen LogP) is 2.64. The molecule has 0 amide bonds. The van der Waals surface area contributed by atoms with Gasteiger partial charge >= 0.3 is 0 Å². The fraction of sp³-hybridized carbons (Fsp3) is 0.571. The van der Waals surface area contributed by atoms with Gasteiger partial charge in [0.1, 0.15) is 0 Å². The van der Waals surface area contributed by atoms with E-state index in [9.17, 15) is 8.42 Å². The van der Waals surface area contributed by atoms with Crippen LogP contribution < -0.4 is 10.5 Å². The highest BCUT2D eigenvalue weighted by Crippen LogP contribution is 2.20. The molecule has 20 heavy (non-hydrogen) atoms. The molecule has 0 saturated carbocycles. The highest BCUT2D eigenvalue weighted by atomic mass is 35.5. The zero-order valence-corrected chi connectivity index (χ0v) is 14.1. The van der Waals surface area contributed by atoms with E-state index >= 15 is 0 Å². The molecule has 1 unspecified atom stereocenters. The van der Waals surface area contributed by atoms with Crippen molar-refractivity contribution in [3.63, 3.8) is 0 Å². The minimum Gasteiger partial charge on any atom is -0.324 e. The minimum atomic E-state index is -3.47. The van der Waals surface area contributed by atoms with Crippen LogP contribution in [-0.4, -0.2) is 20.5 Å². The Bertz CT molecular complexity index is 507. The van der Waals surface area contributed by atoms with E-state index in [2.05, 4.69) is 18.6 Å². The van der Waals surface area contributed by atoms with Crippen molar-refractivity contribution in [3.05, 3.63) is 29.8 Å². The zero-order valence-electron chi connectivity index (χ0n) is 12.5. The van der Waals surface area contributed by atoms with Crippen LogP contribution in [0.2, 0.25) is 0 Å². The average Bonchev–Trinajstić information content (AvgIpc) is 2.35. The summed E-state index contributed by atoms with van der Waals surface area (Å²) in [7, 11) is -3.47. The van der Waals surface area contributed by atoms with Crippen molar-refractivity contribution in [2.24, 2.45) is 5.73 Å². The Labute approximate surface area is 128 Å². The second-order valence-electron chi connectivity index (χ2n) is 5.69. The number of nitrogens with two attached hydrogens (primary N) is 1. The Morgan fingerprint density at radius 1 is 1.25 bits per heavy atom. The molecule has 6 heteroatoms. The Hall–Kier alpha value is -0.620. The molecule has 0 fully saturated rings. The molecule has 0 aromatic heterocycles. The van der Waals surface area contributed by atoms with Gasteiger partial charge in [0, 0.05) is 12.1 Å². The topological polar surface area (TPSA) is 72.2 Å². The van der Waals surface area contributed by atoms with Crippen molar-refractivity contribution < 1.29 is 8.42 Å². The summed E-state index contributed by atoms with van der Waals surface area (Å²) < 4.78 is 26.7. The molecule has 0 aliphatic rings. The Morgan fingerprint density at radius 2 is 1.75 bits per heavy atom. The third-order valence-electron chi connectivity index (χ3n) is 3.09. The van der Waals surface area contributed by atoms with Gasteiger partial charge in [0.15, 0.2) is 0 Å². The third-order valence-corrected chi connectivity index (χ3v) is 4.51. The zero-order chi connectivity index (χ0) is 14.7. The number of halogens is 1. The van der Waals surface area contributed by atoms with Crippen LogP contribution in [0.5, 0.6) is 0 Å². The largest absolute Gasteiger partial charge is 0.324 e. The normalized spacial score (nSPS) is 13.7. The van der Waals surface area contributed by atoms with Gasteiger partial charge in [-0.1, -0.05) is 26.0 Å². The average molecular weight is 321 g/mol. The van der Waals surface area contributed by atoms with Crippen LogP contribution in [-0.2, 0) is 10.0 Å². The van der Waals surface area contributed by atoms with E-state index in [0.717, 1.165) is 12.0 Å². The molecule has 0 aliphatic heterocycles. The van der Waals surface area contributed by atoms with Crippen LogP contribution in [0, 0.1) is 0 Å². The maximum absolute atomic E-state index is 12.1. The van der Waals surface area contributed by atoms with Gasteiger partial charge in [-0.05, 0) is 43.9 Å². The molecular weight excluding hydrogens is 296 g/mol. The number of hydrogen-bond acceptors (Lipinski definition) is 3. The van der Waals surface area contributed by atoms with Gasteiger partial charge in [0.25, 0.3) is 0 Å². The number of hydrogen-bond donors (Lipinski definition) is 2. The van der Waals surface area contributed by atoms with E-state index in [1.807, 2.05) is 12.1 Å². The first-order valence-corrected chi connectivity index (χ1v) is 8.02. The van der Waals surface area contributed by atoms with Crippen LogP contribution in [0.25, 0.3) is 0 Å². The second-order valence-corrected chi connectivity index (χ2v) is 7.46. The van der Waals surface area contributed by atoms with Crippen molar-refractivity contribution >= 4 is 22.4 Å². The highest BCUT2D eigenvalue weighted by molar-refractivity contribution is 7.89. The summed E-state index contributed by atoms with van der Waals surface area (Å²) in [5.74, 6) is 0.438. The van der Waals surface area contributed by atoms with Crippen LogP contribution in [0.1, 0.15) is 45.6 Å². The van der Waals surface area contributed by atoms with Crippen LogP contribution >= 0.6 is 12.4 Å². The van der Waals surface area contributed by atoms with Gasteiger partial charge < -0.3 is 5.73 Å². The molecule has 1 aromatic rings. The maximum atomic E-state index is 12.1. The summed E-state index contributed by atoms with van der Waals surface area (Å²) in [6.45, 7) is 8.00. The number of rotatable bonds is 6. The molecule has 0 bridgehead atoms. The minimum absolute atomic E-state index is 0. The van der Waals surface area contributed by atoms with E-state index in [1.165, 1.54) is 0 Å². The van der Waals surface area contributed by atoms with Crippen molar-refractivity contribution in [1.29, 1.82) is 0 Å². The van der Waals surface area contributed by atoms with Crippen LogP contribution in [0.3, 0.4) is 0 Å². The first-order chi connectivity index (χ1) is 8.65. The lowest BCUT2D eigenvalue weighted by Crippen LogP contribution is -2.45. The van der Waals surface area contributed by atoms with Gasteiger partial charge in [-0.3, -0.25) is 0 Å². The summed E-state index contributed by atoms with van der Waals surface area (Å²) in [5, 5.41) is 0. The molecule has 4 nitrogen and oxygen atoms in total. The molecular formula is C14H25ClN2O2S. The van der Waals surface area contributed by atoms with Gasteiger partial charge in [-0.15, -0.1) is 12.4 Å². The highest BCUT2D eigenvalue weighted by Gasteiger charge is 2.18. The number of nitrogens with one attached hydrogen (secondary N) is 1. The van der Waals surface area contributed by atoms with E-state index in [1.54, 1.807) is 26.0 Å². The SMILES string of the molecule is CCC(C)c1ccc(S(=O)(=O)NCC(C)(C)N)cc1.Cl. The summed E-state index contributed by atoms with van der Waals surface area (Å²) in [4.78, 5) is 0.281. The lowest BCUT2D eigenvalue weighted by atomic mass is 9.99. The van der Waals surface area contributed by atoms with E-state index in [-0.39, 0.29) is 23.8 Å². The van der Waals surface area contributed by atoms with Gasteiger partial charge in [-0.25, -0.2) is 13.1 Å². The van der Waals surface area contributed by atoms with Crippen LogP contribution in [0.4, 0.5) is 0 Å². The van der Waals surface area contributed by atoms with E-state index in [0.29, 0.717) is 5.92 Å². The Kier molecular flexibility index (Phi) is 7.18. The fourth-order valence-electron chi connectivity index (χ4n) is 1.58. The first kappa shape index (κ1) is 19.4. The summed E-state index contributed by atoms with van der Waals surface area (Å²) in [5.41, 5.74) is 6.36. The molecule has 0 spiro atoms. The van der Waals surface area contributed by atoms with Crippen molar-refractivity contribution in [2.45, 2.75) is 50.5 Å². The van der Waals surface area contributed by atoms with E-state index < -0.39 is 15.6 Å². The molecule has 1 atom stereocenters. The van der Waals surface area contributed by atoms with Crippen LogP contribution in [0.15, 0.2) is 29.2 Å². The fourth-order valence-corrected chi connectivity index (χ4v) is 2.80. The molecule has 0 radical (unpaired) electrons. The number of sulfonamides is 1. The standard InChI is InChI=1S/C14H24N2O2S.ClH/c1-5-11(2)12-6-8-13(9-7-12)19(17,18)16-10-14(3,4)15;/h6-9,11,16H,5,10,15H2,1-4H3;1H. The first-order valence-electron chi connectivity index (χ1n) is 6.54. The molecule has 3 N–H and O–H groups in total. The molecule has 0 heterocycles. The smallest absolute Gasteiger partial charge is 0.240 e. The summed E-state index contributed by atoms with van der Waals surface area (Å²) in [6, 6.07) is 7.04. The maximum Gasteiger partial charge on any atom is 0.240 e. The summed E-state index contributed by atoms with van der Waals surface area (Å²) >= 11 is 0. The van der Waals surface area contributed by atoms with E-state index in [4.69, 9.17) is 5.73 Å². The molecule has 0 aliphatic carbocycles. The van der Waals surface area contributed by atoms with Gasteiger partial charge in [0.2, 0.25) is 10.0 Å². The quantitative estimate of drug-likeness (QED) is 0.846. The monoisotopic (exact) mass is 320 g/mol. The third kappa shape index (κ3) is 5.79. The predicted molar refractivity (Wildman–Crippen MR) is 85.9 cm³/mol. The number of benzene rings is 1. The molecule has 1 rings (SSSR count). The molecule has 0 saturated heterocycles. The second kappa shape index (κ2) is 7.41. The molecule has 1 aromatic carbocycles.